The van der Waals surface area contributed by atoms with Crippen molar-refractivity contribution in [3.05, 3.63) is 0 Å². The maximum absolute atomic E-state index is 13.1. The number of halogens is 11. The standard InChI is InChI=1S/C7H4F11NO2/c1-20-3(9,10)2(8)19-4(11,12)6(15,16)21-7(17,18)5(19,13)14/h2H,1H3. The molecule has 21 heavy (non-hydrogen) atoms. The van der Waals surface area contributed by atoms with Gasteiger partial charge in [0.2, 0.25) is 0 Å². The molecule has 1 unspecified atom stereocenters. The molecule has 0 radical (unpaired) electrons. The molecule has 0 aromatic heterocycles. The SMILES string of the molecule is COC(F)(F)C(F)N1C(F)(F)C(F)(F)OC(F)(F)C1(F)F. The monoisotopic (exact) mass is 343 g/mol. The summed E-state index contributed by atoms with van der Waals surface area (Å²) in [6.45, 7) is 0. The van der Waals surface area contributed by atoms with Crippen molar-refractivity contribution in [3.8, 4) is 0 Å². The number of morpholine rings is 1. The summed E-state index contributed by atoms with van der Waals surface area (Å²) in [5.74, 6) is 0. The van der Waals surface area contributed by atoms with Gasteiger partial charge in [0.05, 0.1) is 0 Å². The van der Waals surface area contributed by atoms with E-state index in [0.29, 0.717) is 0 Å². The van der Waals surface area contributed by atoms with E-state index in [9.17, 15) is 48.3 Å². The van der Waals surface area contributed by atoms with Crippen LogP contribution in [0.2, 0.25) is 0 Å². The van der Waals surface area contributed by atoms with Crippen molar-refractivity contribution in [1.29, 1.82) is 0 Å². The topological polar surface area (TPSA) is 21.7 Å². The number of methoxy groups -OCH3 is 1. The molecule has 1 aliphatic heterocycles. The van der Waals surface area contributed by atoms with Crippen molar-refractivity contribution < 1.29 is 57.8 Å². The molecule has 0 N–H and O–H groups in total. The first kappa shape index (κ1) is 18.2. The van der Waals surface area contributed by atoms with Crippen LogP contribution in [0.25, 0.3) is 0 Å². The van der Waals surface area contributed by atoms with Crippen LogP contribution in [0.3, 0.4) is 0 Å². The molecular formula is C7H4F11NO2. The van der Waals surface area contributed by atoms with Gasteiger partial charge in [-0.2, -0.15) is 43.9 Å². The predicted molar refractivity (Wildman–Crippen MR) is 39.6 cm³/mol. The van der Waals surface area contributed by atoms with Crippen molar-refractivity contribution in [2.24, 2.45) is 0 Å². The van der Waals surface area contributed by atoms with Crippen LogP contribution in [0.1, 0.15) is 0 Å². The minimum absolute atomic E-state index is 0.0560. The van der Waals surface area contributed by atoms with Gasteiger partial charge in [0, 0.05) is 7.11 Å². The molecule has 0 aromatic carbocycles. The van der Waals surface area contributed by atoms with E-state index < -0.39 is 41.6 Å². The fraction of sp³-hybridized carbons (Fsp3) is 1.00. The molecular weight excluding hydrogens is 339 g/mol. The van der Waals surface area contributed by atoms with Gasteiger partial charge in [0.15, 0.2) is 0 Å². The third-order valence-corrected chi connectivity index (χ3v) is 2.34. The Labute approximate surface area is 108 Å². The van der Waals surface area contributed by atoms with Gasteiger partial charge < -0.3 is 4.74 Å². The lowest BCUT2D eigenvalue weighted by Gasteiger charge is -2.48. The number of ether oxygens (including phenoxy) is 2. The normalized spacial score (nSPS) is 29.1. The molecule has 14 heteroatoms. The lowest BCUT2D eigenvalue weighted by molar-refractivity contribution is -0.578. The molecule has 0 bridgehead atoms. The highest BCUT2D eigenvalue weighted by Crippen LogP contribution is 2.57. The lowest BCUT2D eigenvalue weighted by Crippen LogP contribution is -2.77. The third-order valence-electron chi connectivity index (χ3n) is 2.34. The van der Waals surface area contributed by atoms with Crippen molar-refractivity contribution in [2.45, 2.75) is 36.7 Å². The van der Waals surface area contributed by atoms with Crippen molar-refractivity contribution >= 4 is 0 Å². The Morgan fingerprint density at radius 1 is 0.905 bits per heavy atom. The van der Waals surface area contributed by atoms with Crippen molar-refractivity contribution in [3.63, 3.8) is 0 Å². The Balaban J connectivity index is 3.48. The van der Waals surface area contributed by atoms with Gasteiger partial charge in [0.1, 0.15) is 0 Å². The summed E-state index contributed by atoms with van der Waals surface area (Å²) < 4.78 is 146. The highest BCUT2D eigenvalue weighted by atomic mass is 19.4. The summed E-state index contributed by atoms with van der Waals surface area (Å²) in [4.78, 5) is -2.98. The number of rotatable bonds is 3. The number of hydrogen-bond donors (Lipinski definition) is 0. The molecule has 0 spiro atoms. The second-order valence-electron chi connectivity index (χ2n) is 3.69. The van der Waals surface area contributed by atoms with E-state index in [0.717, 1.165) is 0 Å². The molecule has 1 saturated heterocycles. The Morgan fingerprint density at radius 2 is 1.24 bits per heavy atom. The van der Waals surface area contributed by atoms with Crippen LogP contribution < -0.4 is 0 Å². The lowest BCUT2D eigenvalue weighted by atomic mass is 10.2. The number of nitrogens with zero attached hydrogens (tertiary/aromatic N) is 1. The zero-order valence-electron chi connectivity index (χ0n) is 9.50. The summed E-state index contributed by atoms with van der Waals surface area (Å²) in [5.41, 5.74) is 0. The average molecular weight is 343 g/mol. The van der Waals surface area contributed by atoms with Gasteiger partial charge in [0.25, 0.3) is 6.30 Å². The molecule has 1 atom stereocenters. The molecule has 1 aliphatic rings. The van der Waals surface area contributed by atoms with E-state index in [1.54, 1.807) is 0 Å². The minimum Gasteiger partial charge on any atom is -0.320 e. The highest BCUT2D eigenvalue weighted by molar-refractivity contribution is 4.97. The first-order chi connectivity index (χ1) is 9.04. The molecule has 1 fully saturated rings. The largest absolute Gasteiger partial charge is 0.439 e. The average Bonchev–Trinajstić information content (AvgIpc) is 2.24. The molecule has 0 saturated carbocycles. The molecule has 1 heterocycles. The maximum atomic E-state index is 13.1. The summed E-state index contributed by atoms with van der Waals surface area (Å²) in [6.07, 6.45) is -23.3. The Kier molecular flexibility index (Phi) is 3.94. The second-order valence-corrected chi connectivity index (χ2v) is 3.69. The van der Waals surface area contributed by atoms with E-state index in [-0.39, 0.29) is 7.11 Å². The summed E-state index contributed by atoms with van der Waals surface area (Å²) >= 11 is 0. The summed E-state index contributed by atoms with van der Waals surface area (Å²) in [5, 5.41) is 0. The summed E-state index contributed by atoms with van der Waals surface area (Å²) in [7, 11) is -0.0560. The Morgan fingerprint density at radius 3 is 1.52 bits per heavy atom. The van der Waals surface area contributed by atoms with Crippen LogP contribution in [-0.4, -0.2) is 48.7 Å². The van der Waals surface area contributed by atoms with Crippen molar-refractivity contribution in [2.75, 3.05) is 7.11 Å². The van der Waals surface area contributed by atoms with Crippen LogP contribution in [0.15, 0.2) is 0 Å². The van der Waals surface area contributed by atoms with E-state index >= 15 is 0 Å². The fourth-order valence-electron chi connectivity index (χ4n) is 1.27. The smallest absolute Gasteiger partial charge is 0.320 e. The van der Waals surface area contributed by atoms with E-state index in [1.807, 2.05) is 4.74 Å². The molecule has 0 amide bonds. The quantitative estimate of drug-likeness (QED) is 0.580. The minimum atomic E-state index is -6.53. The first-order valence-corrected chi connectivity index (χ1v) is 4.62. The number of alkyl halides is 11. The molecule has 0 aromatic rings. The first-order valence-electron chi connectivity index (χ1n) is 4.62. The molecule has 126 valence electrons. The van der Waals surface area contributed by atoms with Gasteiger partial charge in [-0.05, 0) is 0 Å². The zero-order valence-corrected chi connectivity index (χ0v) is 9.50. The second kappa shape index (κ2) is 4.55. The highest BCUT2D eigenvalue weighted by Gasteiger charge is 2.85. The van der Waals surface area contributed by atoms with Crippen LogP contribution in [0, 0.1) is 0 Å². The molecule has 1 rings (SSSR count). The van der Waals surface area contributed by atoms with E-state index in [4.69, 9.17) is 0 Å². The van der Waals surface area contributed by atoms with Gasteiger partial charge >= 0.3 is 30.4 Å². The molecule has 3 nitrogen and oxygen atoms in total. The van der Waals surface area contributed by atoms with E-state index in [1.165, 1.54) is 0 Å². The van der Waals surface area contributed by atoms with Gasteiger partial charge in [-0.3, -0.25) is 0 Å². The van der Waals surface area contributed by atoms with Gasteiger partial charge in [-0.1, -0.05) is 0 Å². The van der Waals surface area contributed by atoms with Crippen LogP contribution in [-0.2, 0) is 9.47 Å². The summed E-state index contributed by atoms with van der Waals surface area (Å²) in [6, 6.07) is -13.1. The van der Waals surface area contributed by atoms with Crippen molar-refractivity contribution in [1.82, 2.24) is 4.90 Å². The Bertz CT molecular complexity index is 385. The fourth-order valence-corrected chi connectivity index (χ4v) is 1.27. The van der Waals surface area contributed by atoms with Crippen LogP contribution in [0.4, 0.5) is 48.3 Å². The predicted octanol–water partition coefficient (Wildman–Crippen LogP) is 3.22. The van der Waals surface area contributed by atoms with Crippen LogP contribution in [0.5, 0.6) is 0 Å². The zero-order chi connectivity index (χ0) is 17.1. The molecule has 0 aliphatic carbocycles. The van der Waals surface area contributed by atoms with Gasteiger partial charge in [-0.15, -0.1) is 4.90 Å². The van der Waals surface area contributed by atoms with Crippen LogP contribution >= 0.6 is 0 Å². The van der Waals surface area contributed by atoms with E-state index in [2.05, 4.69) is 4.74 Å². The number of hydrogen-bond acceptors (Lipinski definition) is 3. The third kappa shape index (κ3) is 2.42. The maximum Gasteiger partial charge on any atom is 0.439 e. The van der Waals surface area contributed by atoms with Gasteiger partial charge in [-0.25, -0.2) is 9.13 Å². The Hall–Kier alpha value is -0.890.